The Morgan fingerprint density at radius 1 is 1.07 bits per heavy atom. The molecule has 0 unspecified atom stereocenters. The van der Waals surface area contributed by atoms with Gasteiger partial charge in [0, 0.05) is 0 Å². The SMILES string of the molecule is CCC[CH2][Sn]([CH2]CCC)([CH2]CCC)[c]1c(C#N)c2cnc(C)cc2n1C1CCC1. The fraction of sp³-hybridized carbons (Fsp3) is 0.680. The maximum absolute atomic E-state index is 10.4. The number of hydrogen-bond acceptors (Lipinski definition) is 2. The average molecular weight is 500 g/mol. The zero-order chi connectivity index (χ0) is 20.9. The molecule has 0 aliphatic heterocycles. The molecule has 158 valence electrons. The molecule has 1 saturated carbocycles. The minimum atomic E-state index is -2.75. The summed E-state index contributed by atoms with van der Waals surface area (Å²) in [7, 11) is 0. The van der Waals surface area contributed by atoms with Crippen LogP contribution in [-0.2, 0) is 0 Å². The first kappa shape index (κ1) is 22.7. The third-order valence-electron chi connectivity index (χ3n) is 7.11. The van der Waals surface area contributed by atoms with Crippen molar-refractivity contribution >= 4 is 33.0 Å². The molecule has 1 fully saturated rings. The summed E-state index contributed by atoms with van der Waals surface area (Å²) in [5.41, 5.74) is 3.39. The van der Waals surface area contributed by atoms with E-state index >= 15 is 0 Å². The van der Waals surface area contributed by atoms with Gasteiger partial charge in [0.15, 0.2) is 0 Å². The van der Waals surface area contributed by atoms with Gasteiger partial charge in [-0.15, -0.1) is 0 Å². The van der Waals surface area contributed by atoms with Crippen molar-refractivity contribution in [1.29, 1.82) is 5.26 Å². The van der Waals surface area contributed by atoms with Gasteiger partial charge in [-0.3, -0.25) is 0 Å². The van der Waals surface area contributed by atoms with E-state index in [1.54, 1.807) is 3.71 Å². The molecule has 2 aromatic rings. The van der Waals surface area contributed by atoms with Gasteiger partial charge in [0.25, 0.3) is 0 Å². The molecule has 3 nitrogen and oxygen atoms in total. The van der Waals surface area contributed by atoms with Crippen molar-refractivity contribution in [2.45, 2.75) is 105 Å². The summed E-state index contributed by atoms with van der Waals surface area (Å²) in [5.74, 6) is 0. The van der Waals surface area contributed by atoms with Crippen LogP contribution in [0.15, 0.2) is 12.3 Å². The number of fused-ring (bicyclic) bond motifs is 1. The van der Waals surface area contributed by atoms with Gasteiger partial charge in [-0.2, -0.15) is 0 Å². The van der Waals surface area contributed by atoms with E-state index in [1.165, 1.54) is 76.6 Å². The van der Waals surface area contributed by atoms with Crippen LogP contribution >= 0.6 is 0 Å². The topological polar surface area (TPSA) is 41.6 Å². The molecular weight excluding hydrogens is 461 g/mol. The first-order chi connectivity index (χ1) is 14.1. The van der Waals surface area contributed by atoms with Crippen molar-refractivity contribution < 1.29 is 0 Å². The summed E-state index contributed by atoms with van der Waals surface area (Å²) < 4.78 is 8.52. The molecule has 3 rings (SSSR count). The number of hydrogen-bond donors (Lipinski definition) is 0. The summed E-state index contributed by atoms with van der Waals surface area (Å²) in [5, 5.41) is 11.5. The molecule has 0 saturated heterocycles. The molecule has 0 radical (unpaired) electrons. The van der Waals surface area contributed by atoms with Crippen LogP contribution in [0, 0.1) is 18.3 Å². The molecule has 4 heteroatoms. The first-order valence-corrected chi connectivity index (χ1v) is 19.5. The second kappa shape index (κ2) is 10.3. The zero-order valence-electron chi connectivity index (χ0n) is 19.1. The van der Waals surface area contributed by atoms with Crippen LogP contribution in [0.4, 0.5) is 0 Å². The quantitative estimate of drug-likeness (QED) is 0.312. The molecule has 0 amide bonds. The summed E-state index contributed by atoms with van der Waals surface area (Å²) in [4.78, 5) is 4.60. The van der Waals surface area contributed by atoms with Crippen molar-refractivity contribution in [3.8, 4) is 6.07 Å². The Morgan fingerprint density at radius 2 is 1.66 bits per heavy atom. The van der Waals surface area contributed by atoms with E-state index < -0.39 is 18.4 Å². The van der Waals surface area contributed by atoms with Gasteiger partial charge < -0.3 is 0 Å². The summed E-state index contributed by atoms with van der Waals surface area (Å²) in [6, 6.07) is 5.57. The number of rotatable bonds is 11. The molecule has 0 N–H and O–H groups in total. The van der Waals surface area contributed by atoms with Crippen molar-refractivity contribution in [2.75, 3.05) is 0 Å². The second-order valence-corrected chi connectivity index (χ2v) is 22.2. The predicted molar refractivity (Wildman–Crippen MR) is 127 cm³/mol. The van der Waals surface area contributed by atoms with Crippen molar-refractivity contribution in [3.63, 3.8) is 0 Å². The van der Waals surface area contributed by atoms with E-state index in [4.69, 9.17) is 0 Å². The van der Waals surface area contributed by atoms with Crippen molar-refractivity contribution in [1.82, 2.24) is 9.55 Å². The van der Waals surface area contributed by atoms with Gasteiger partial charge in [-0.25, -0.2) is 0 Å². The molecule has 0 spiro atoms. The molecule has 1 aliphatic carbocycles. The number of nitrogens with zero attached hydrogens (tertiary/aromatic N) is 3. The van der Waals surface area contributed by atoms with Crippen LogP contribution in [0.1, 0.15) is 95.9 Å². The van der Waals surface area contributed by atoms with Crippen molar-refractivity contribution in [2.24, 2.45) is 0 Å². The van der Waals surface area contributed by atoms with Crippen molar-refractivity contribution in [3.05, 3.63) is 23.5 Å². The molecule has 0 atom stereocenters. The number of unbranched alkanes of at least 4 members (excludes halogenated alkanes) is 3. The summed E-state index contributed by atoms with van der Waals surface area (Å²) in [6.07, 6.45) is 13.7. The normalized spacial score (nSPS) is 14.9. The number of aryl methyl sites for hydroxylation is 1. The van der Waals surface area contributed by atoms with E-state index in [1.807, 2.05) is 6.20 Å². The Labute approximate surface area is 181 Å². The van der Waals surface area contributed by atoms with Crippen LogP contribution in [-0.4, -0.2) is 27.9 Å². The Kier molecular flexibility index (Phi) is 8.07. The zero-order valence-corrected chi connectivity index (χ0v) is 21.9. The average Bonchev–Trinajstić information content (AvgIpc) is 3.00. The van der Waals surface area contributed by atoms with E-state index in [0.29, 0.717) is 6.04 Å². The molecule has 2 aromatic heterocycles. The monoisotopic (exact) mass is 501 g/mol. The van der Waals surface area contributed by atoms with Crippen LogP contribution in [0.2, 0.25) is 13.3 Å². The number of pyridine rings is 1. The molecule has 0 aromatic carbocycles. The summed E-state index contributed by atoms with van der Waals surface area (Å²) in [6.45, 7) is 9.08. The Bertz CT molecular complexity index is 835. The van der Waals surface area contributed by atoms with Crippen LogP contribution in [0.3, 0.4) is 0 Å². The van der Waals surface area contributed by atoms with Gasteiger partial charge in [-0.1, -0.05) is 0 Å². The molecule has 2 heterocycles. The fourth-order valence-electron chi connectivity index (χ4n) is 5.24. The van der Waals surface area contributed by atoms with E-state index in [0.717, 1.165) is 16.6 Å². The summed E-state index contributed by atoms with van der Waals surface area (Å²) >= 11 is -2.75. The van der Waals surface area contributed by atoms with Gasteiger partial charge in [0.05, 0.1) is 0 Å². The molecule has 1 aliphatic rings. The van der Waals surface area contributed by atoms with Gasteiger partial charge in [0.2, 0.25) is 0 Å². The molecule has 29 heavy (non-hydrogen) atoms. The van der Waals surface area contributed by atoms with Crippen LogP contribution in [0.5, 0.6) is 0 Å². The van der Waals surface area contributed by atoms with E-state index in [2.05, 4.69) is 49.4 Å². The third-order valence-corrected chi connectivity index (χ3v) is 22.6. The van der Waals surface area contributed by atoms with Gasteiger partial charge >= 0.3 is 182 Å². The van der Waals surface area contributed by atoms with E-state index in [9.17, 15) is 5.26 Å². The van der Waals surface area contributed by atoms with Crippen LogP contribution in [0.25, 0.3) is 10.9 Å². The third kappa shape index (κ3) is 4.53. The fourth-order valence-corrected chi connectivity index (χ4v) is 22.6. The van der Waals surface area contributed by atoms with Gasteiger partial charge in [-0.05, 0) is 0 Å². The standard InChI is InChI=1S/C13H12N3.3C4H9.Sn/c1-9-5-13-12(7-15-9)10(6-14)8-16(13)11-3-2-4-11;3*1-3-4-2;/h5,7,11H,2-4H2,1H3;3*1,3-4H2,2H3;. The second-order valence-electron chi connectivity index (χ2n) is 9.22. The van der Waals surface area contributed by atoms with Gasteiger partial charge in [0.1, 0.15) is 0 Å². The molecule has 0 bridgehead atoms. The Balaban J connectivity index is 2.29. The van der Waals surface area contributed by atoms with Crippen LogP contribution < -0.4 is 3.71 Å². The predicted octanol–water partition coefficient (Wildman–Crippen LogP) is 7.00. The minimum absolute atomic E-state index is 0.609. The first-order valence-electron chi connectivity index (χ1n) is 12.0. The Morgan fingerprint density at radius 3 is 2.10 bits per heavy atom. The Hall–Kier alpha value is -1.02. The number of nitriles is 1. The molecular formula is C25H39N3Sn. The maximum atomic E-state index is 10.4. The van der Waals surface area contributed by atoms with E-state index in [-0.39, 0.29) is 0 Å². The number of aromatic nitrogens is 2.